The number of piperidine rings is 1. The fraction of sp³-hybridized carbons (Fsp3) is 1.00. The number of halogens is 1. The van der Waals surface area contributed by atoms with Crippen LogP contribution in [-0.2, 0) is 10.2 Å². The number of piperazine rings is 1. The highest BCUT2D eigenvalue weighted by Crippen LogP contribution is 2.23. The first-order valence-electron chi connectivity index (χ1n) is 6.93. The molecule has 2 heterocycles. The summed E-state index contributed by atoms with van der Waals surface area (Å²) in [5.74, 6) is 0.476. The zero-order chi connectivity index (χ0) is 13.3. The maximum atomic E-state index is 12.7. The van der Waals surface area contributed by atoms with Gasteiger partial charge < -0.3 is 5.32 Å². The van der Waals surface area contributed by atoms with Crippen molar-refractivity contribution in [3.05, 3.63) is 0 Å². The molecule has 2 rings (SSSR count). The van der Waals surface area contributed by atoms with E-state index in [-0.39, 0.29) is 24.5 Å². The highest BCUT2D eigenvalue weighted by molar-refractivity contribution is 7.86. The van der Waals surface area contributed by atoms with Crippen LogP contribution in [0.3, 0.4) is 0 Å². The Morgan fingerprint density at radius 1 is 1.16 bits per heavy atom. The van der Waals surface area contributed by atoms with Crippen LogP contribution < -0.4 is 5.32 Å². The lowest BCUT2D eigenvalue weighted by atomic mass is 10.0. The molecular formula is C12H26ClN3O2S. The maximum absolute atomic E-state index is 12.7. The molecule has 19 heavy (non-hydrogen) atoms. The Kier molecular flexibility index (Phi) is 6.07. The molecule has 0 aromatic rings. The van der Waals surface area contributed by atoms with Gasteiger partial charge in [0.15, 0.2) is 0 Å². The van der Waals surface area contributed by atoms with E-state index in [4.69, 9.17) is 0 Å². The van der Waals surface area contributed by atoms with Gasteiger partial charge in [-0.2, -0.15) is 17.0 Å². The largest absolute Gasteiger partial charge is 0.311 e. The van der Waals surface area contributed by atoms with Gasteiger partial charge in [-0.05, 0) is 32.6 Å². The highest BCUT2D eigenvalue weighted by atomic mass is 35.5. The van der Waals surface area contributed by atoms with Gasteiger partial charge in [-0.15, -0.1) is 12.4 Å². The Bertz CT molecular complexity index is 390. The van der Waals surface area contributed by atoms with Crippen LogP contribution in [0.1, 0.15) is 33.6 Å². The molecule has 0 saturated carbocycles. The average molecular weight is 312 g/mol. The Hall–Kier alpha value is 0.120. The van der Waals surface area contributed by atoms with Crippen molar-refractivity contribution in [1.82, 2.24) is 13.9 Å². The van der Waals surface area contributed by atoms with Crippen molar-refractivity contribution in [2.75, 3.05) is 26.2 Å². The predicted octanol–water partition coefficient (Wildman–Crippen LogP) is 1.07. The number of nitrogens with zero attached hydrogens (tertiary/aromatic N) is 2. The second kappa shape index (κ2) is 6.72. The second-order valence-corrected chi connectivity index (χ2v) is 7.59. The van der Waals surface area contributed by atoms with Gasteiger partial charge in [-0.1, -0.05) is 6.92 Å². The van der Waals surface area contributed by atoms with E-state index in [1.54, 1.807) is 8.61 Å². The van der Waals surface area contributed by atoms with Gasteiger partial charge in [0.25, 0.3) is 10.2 Å². The summed E-state index contributed by atoms with van der Waals surface area (Å²) in [5.41, 5.74) is 0. The summed E-state index contributed by atoms with van der Waals surface area (Å²) in [4.78, 5) is 0. The Balaban J connectivity index is 0.00000180. The molecule has 0 bridgehead atoms. The van der Waals surface area contributed by atoms with Gasteiger partial charge >= 0.3 is 0 Å². The van der Waals surface area contributed by atoms with Crippen LogP contribution in [-0.4, -0.2) is 55.3 Å². The van der Waals surface area contributed by atoms with Crippen LogP contribution >= 0.6 is 12.4 Å². The molecule has 2 fully saturated rings. The summed E-state index contributed by atoms with van der Waals surface area (Å²) >= 11 is 0. The Labute approximate surface area is 123 Å². The van der Waals surface area contributed by atoms with E-state index < -0.39 is 10.2 Å². The minimum Gasteiger partial charge on any atom is -0.311 e. The SMILES string of the molecule is CC1CCCN(S(=O)(=O)N2CCNC(C)C2C)C1.Cl. The smallest absolute Gasteiger partial charge is 0.282 e. The van der Waals surface area contributed by atoms with Gasteiger partial charge in [-0.25, -0.2) is 0 Å². The molecule has 1 N–H and O–H groups in total. The molecule has 2 aliphatic rings. The van der Waals surface area contributed by atoms with Crippen molar-refractivity contribution in [1.29, 1.82) is 0 Å². The third-order valence-corrected chi connectivity index (χ3v) is 6.31. The standard InChI is InChI=1S/C12H25N3O2S.ClH/c1-10-5-4-7-14(9-10)18(16,17)15-8-6-13-11(2)12(15)3;/h10-13H,4-9H2,1-3H3;1H. The zero-order valence-corrected chi connectivity index (χ0v) is 13.6. The molecule has 0 spiro atoms. The van der Waals surface area contributed by atoms with E-state index in [9.17, 15) is 8.42 Å². The molecule has 0 amide bonds. The lowest BCUT2D eigenvalue weighted by molar-refractivity contribution is 0.200. The summed E-state index contributed by atoms with van der Waals surface area (Å²) in [5, 5.41) is 3.32. The van der Waals surface area contributed by atoms with Crippen molar-refractivity contribution in [3.63, 3.8) is 0 Å². The van der Waals surface area contributed by atoms with Crippen LogP contribution in [0.4, 0.5) is 0 Å². The molecular weight excluding hydrogens is 286 g/mol. The van der Waals surface area contributed by atoms with Crippen molar-refractivity contribution < 1.29 is 8.42 Å². The third-order valence-electron chi connectivity index (χ3n) is 4.22. The minimum absolute atomic E-state index is 0. The third kappa shape index (κ3) is 3.61. The Morgan fingerprint density at radius 3 is 2.47 bits per heavy atom. The summed E-state index contributed by atoms with van der Waals surface area (Å²) in [6.45, 7) is 8.84. The Morgan fingerprint density at radius 2 is 1.84 bits per heavy atom. The van der Waals surface area contributed by atoms with Gasteiger partial charge in [-0.3, -0.25) is 0 Å². The molecule has 0 radical (unpaired) electrons. The van der Waals surface area contributed by atoms with Gasteiger partial charge in [0.2, 0.25) is 0 Å². The predicted molar refractivity (Wildman–Crippen MR) is 79.8 cm³/mol. The molecule has 2 aliphatic heterocycles. The lowest BCUT2D eigenvalue weighted by Gasteiger charge is -2.41. The van der Waals surface area contributed by atoms with Crippen molar-refractivity contribution in [2.45, 2.75) is 45.7 Å². The topological polar surface area (TPSA) is 52.7 Å². The first-order chi connectivity index (χ1) is 8.43. The number of hydrogen-bond donors (Lipinski definition) is 1. The van der Waals surface area contributed by atoms with E-state index in [2.05, 4.69) is 12.2 Å². The molecule has 3 unspecified atom stereocenters. The number of nitrogens with one attached hydrogen (secondary N) is 1. The molecule has 0 aliphatic carbocycles. The highest BCUT2D eigenvalue weighted by Gasteiger charge is 2.38. The summed E-state index contributed by atoms with van der Waals surface area (Å²) in [6, 6.07) is 0.247. The molecule has 7 heteroatoms. The first-order valence-corrected chi connectivity index (χ1v) is 8.33. The molecule has 5 nitrogen and oxygen atoms in total. The van der Waals surface area contributed by atoms with Crippen LogP contribution in [0.2, 0.25) is 0 Å². The number of rotatable bonds is 2. The van der Waals surface area contributed by atoms with E-state index in [1.165, 1.54) is 0 Å². The minimum atomic E-state index is -3.27. The lowest BCUT2D eigenvalue weighted by Crippen LogP contribution is -2.60. The van der Waals surface area contributed by atoms with Crippen LogP contribution in [0.15, 0.2) is 0 Å². The number of hydrogen-bond acceptors (Lipinski definition) is 3. The second-order valence-electron chi connectivity index (χ2n) is 5.71. The van der Waals surface area contributed by atoms with Crippen molar-refractivity contribution in [3.8, 4) is 0 Å². The van der Waals surface area contributed by atoms with E-state index in [0.29, 0.717) is 25.6 Å². The van der Waals surface area contributed by atoms with Crippen LogP contribution in [0, 0.1) is 5.92 Å². The molecule has 114 valence electrons. The van der Waals surface area contributed by atoms with Crippen LogP contribution in [0.25, 0.3) is 0 Å². The molecule has 2 saturated heterocycles. The average Bonchev–Trinajstić information content (AvgIpc) is 2.32. The fourth-order valence-electron chi connectivity index (χ4n) is 2.86. The van der Waals surface area contributed by atoms with Gasteiger partial charge in [0.1, 0.15) is 0 Å². The van der Waals surface area contributed by atoms with Gasteiger partial charge in [0, 0.05) is 38.3 Å². The van der Waals surface area contributed by atoms with E-state index in [0.717, 1.165) is 19.4 Å². The van der Waals surface area contributed by atoms with Crippen LogP contribution in [0.5, 0.6) is 0 Å². The van der Waals surface area contributed by atoms with Gasteiger partial charge in [0.05, 0.1) is 0 Å². The first kappa shape index (κ1) is 17.2. The fourth-order valence-corrected chi connectivity index (χ4v) is 4.88. The quantitative estimate of drug-likeness (QED) is 0.830. The van der Waals surface area contributed by atoms with Crippen molar-refractivity contribution >= 4 is 22.6 Å². The monoisotopic (exact) mass is 311 g/mol. The molecule has 3 atom stereocenters. The summed E-state index contributed by atoms with van der Waals surface area (Å²) < 4.78 is 28.7. The van der Waals surface area contributed by atoms with E-state index >= 15 is 0 Å². The summed E-state index contributed by atoms with van der Waals surface area (Å²) in [7, 11) is -3.27. The molecule has 0 aromatic heterocycles. The maximum Gasteiger partial charge on any atom is 0.282 e. The molecule has 0 aromatic carbocycles. The normalized spacial score (nSPS) is 34.8. The van der Waals surface area contributed by atoms with E-state index in [1.807, 2.05) is 13.8 Å². The zero-order valence-electron chi connectivity index (χ0n) is 12.0. The van der Waals surface area contributed by atoms with Crippen molar-refractivity contribution in [2.24, 2.45) is 5.92 Å². The summed E-state index contributed by atoms with van der Waals surface area (Å²) in [6.07, 6.45) is 2.12.